The molecule has 1 aliphatic heterocycles. The van der Waals surface area contributed by atoms with E-state index < -0.39 is 22.4 Å². The van der Waals surface area contributed by atoms with Crippen LogP contribution >= 0.6 is 0 Å². The molecule has 0 bridgehead atoms. The second-order valence-electron chi connectivity index (χ2n) is 3.84. The van der Waals surface area contributed by atoms with Gasteiger partial charge in [-0.25, -0.2) is 0 Å². The second kappa shape index (κ2) is 5.36. The Labute approximate surface area is 105 Å². The fourth-order valence-electron chi connectivity index (χ4n) is 1.85. The number of nitrogens with zero attached hydrogens (tertiary/aromatic N) is 3. The first-order chi connectivity index (χ1) is 8.62. The number of hydrogen-bond acceptors (Lipinski definition) is 4. The molecule has 96 valence electrons. The van der Waals surface area contributed by atoms with Crippen LogP contribution in [0, 0.1) is 0 Å². The molecule has 0 radical (unpaired) electrons. The zero-order valence-electron chi connectivity index (χ0n) is 9.43. The molecule has 0 aromatic heterocycles. The van der Waals surface area contributed by atoms with E-state index in [1.807, 2.05) is 6.07 Å². The van der Waals surface area contributed by atoms with Crippen LogP contribution in [0.25, 0.3) is 10.4 Å². The first-order valence-corrected chi connectivity index (χ1v) is 6.79. The van der Waals surface area contributed by atoms with Crippen molar-refractivity contribution in [1.82, 2.24) is 4.72 Å². The highest BCUT2D eigenvalue weighted by molar-refractivity contribution is 7.84. The zero-order chi connectivity index (χ0) is 13.0. The molecule has 2 atom stereocenters. The maximum absolute atomic E-state index is 11.5. The summed E-state index contributed by atoms with van der Waals surface area (Å²) >= 11 is 0. The van der Waals surface area contributed by atoms with Gasteiger partial charge in [-0.15, -0.1) is 0 Å². The van der Waals surface area contributed by atoms with Crippen molar-refractivity contribution in [2.45, 2.75) is 18.5 Å². The molecule has 1 aromatic carbocycles. The Kier molecular flexibility index (Phi) is 3.83. The molecule has 1 aromatic rings. The zero-order valence-corrected chi connectivity index (χ0v) is 10.2. The topological polar surface area (TPSA) is 104 Å². The summed E-state index contributed by atoms with van der Waals surface area (Å²) in [7, 11) is -3.80. The number of benzene rings is 1. The standard InChI is InChI=1S/C10H12N4O3S/c11-14-12-9-6-7-17-18(15,16)13-10(9)8-4-2-1-3-5-8/h1-5,9-10,13H,6-7H2/t9-,10+/m1/s1. The quantitative estimate of drug-likeness (QED) is 0.501. The molecule has 0 aliphatic carbocycles. The van der Waals surface area contributed by atoms with Crippen LogP contribution in [0.15, 0.2) is 35.4 Å². The van der Waals surface area contributed by atoms with Crippen LogP contribution in [0.3, 0.4) is 0 Å². The Hall–Kier alpha value is -1.60. The van der Waals surface area contributed by atoms with Crippen molar-refractivity contribution in [2.75, 3.05) is 6.61 Å². The van der Waals surface area contributed by atoms with Crippen LogP contribution in [0.1, 0.15) is 18.0 Å². The van der Waals surface area contributed by atoms with Gasteiger partial charge in [0.2, 0.25) is 0 Å². The Balaban J connectivity index is 2.39. The summed E-state index contributed by atoms with van der Waals surface area (Å²) in [5.74, 6) is 0. The predicted molar refractivity (Wildman–Crippen MR) is 64.7 cm³/mol. The van der Waals surface area contributed by atoms with Crippen LogP contribution in [0.2, 0.25) is 0 Å². The van der Waals surface area contributed by atoms with E-state index in [-0.39, 0.29) is 6.61 Å². The number of nitrogens with one attached hydrogen (secondary N) is 1. The Bertz CT molecular complexity index is 554. The molecule has 7 nitrogen and oxygen atoms in total. The summed E-state index contributed by atoms with van der Waals surface area (Å²) in [5.41, 5.74) is 9.29. The van der Waals surface area contributed by atoms with Crippen molar-refractivity contribution in [3.8, 4) is 0 Å². The monoisotopic (exact) mass is 268 g/mol. The van der Waals surface area contributed by atoms with Gasteiger partial charge in [0.25, 0.3) is 0 Å². The third kappa shape index (κ3) is 2.99. The maximum atomic E-state index is 11.5. The molecule has 0 amide bonds. The van der Waals surface area contributed by atoms with Crippen LogP contribution in [-0.4, -0.2) is 21.1 Å². The average Bonchev–Trinajstić information content (AvgIpc) is 2.50. The number of hydrogen-bond donors (Lipinski definition) is 1. The van der Waals surface area contributed by atoms with Crippen molar-refractivity contribution in [3.05, 3.63) is 46.3 Å². The minimum atomic E-state index is -3.80. The molecule has 0 saturated carbocycles. The van der Waals surface area contributed by atoms with Crippen LogP contribution in [0.4, 0.5) is 0 Å². The third-order valence-corrected chi connectivity index (χ3v) is 3.69. The summed E-state index contributed by atoms with van der Waals surface area (Å²) in [5, 5.41) is 3.64. The van der Waals surface area contributed by atoms with Gasteiger partial charge in [0, 0.05) is 4.91 Å². The number of azide groups is 1. The summed E-state index contributed by atoms with van der Waals surface area (Å²) in [6.07, 6.45) is 0.343. The summed E-state index contributed by atoms with van der Waals surface area (Å²) < 4.78 is 30.2. The van der Waals surface area contributed by atoms with Crippen LogP contribution in [0.5, 0.6) is 0 Å². The predicted octanol–water partition coefficient (Wildman–Crippen LogP) is 1.66. The maximum Gasteiger partial charge on any atom is 0.336 e. The molecule has 1 fully saturated rings. The van der Waals surface area contributed by atoms with Crippen molar-refractivity contribution >= 4 is 10.3 Å². The fraction of sp³-hybridized carbons (Fsp3) is 0.400. The Morgan fingerprint density at radius 1 is 1.39 bits per heavy atom. The van der Waals surface area contributed by atoms with Crippen molar-refractivity contribution in [1.29, 1.82) is 0 Å². The highest BCUT2D eigenvalue weighted by atomic mass is 32.2. The van der Waals surface area contributed by atoms with Gasteiger partial charge in [-0.3, -0.25) is 4.18 Å². The van der Waals surface area contributed by atoms with Gasteiger partial charge in [-0.1, -0.05) is 35.4 Å². The van der Waals surface area contributed by atoms with Gasteiger partial charge in [-0.05, 0) is 17.5 Å². The first kappa shape index (κ1) is 12.8. The van der Waals surface area contributed by atoms with Crippen molar-refractivity contribution in [3.63, 3.8) is 0 Å². The molecular formula is C10H12N4O3S. The minimum Gasteiger partial charge on any atom is -0.258 e. The molecule has 1 saturated heterocycles. The largest absolute Gasteiger partial charge is 0.336 e. The fourth-order valence-corrected chi connectivity index (χ4v) is 2.84. The van der Waals surface area contributed by atoms with E-state index in [1.54, 1.807) is 24.3 Å². The van der Waals surface area contributed by atoms with Crippen molar-refractivity contribution in [2.24, 2.45) is 5.11 Å². The lowest BCUT2D eigenvalue weighted by atomic mass is 9.99. The van der Waals surface area contributed by atoms with Crippen molar-refractivity contribution < 1.29 is 12.6 Å². The molecular weight excluding hydrogens is 256 g/mol. The van der Waals surface area contributed by atoms with E-state index in [0.29, 0.717) is 6.42 Å². The van der Waals surface area contributed by atoms with Gasteiger partial charge in [-0.2, -0.15) is 13.1 Å². The third-order valence-electron chi connectivity index (χ3n) is 2.67. The van der Waals surface area contributed by atoms with Gasteiger partial charge in [0.1, 0.15) is 0 Å². The van der Waals surface area contributed by atoms with Crippen LogP contribution in [-0.2, 0) is 14.5 Å². The van der Waals surface area contributed by atoms with Gasteiger partial charge >= 0.3 is 10.3 Å². The molecule has 8 heteroatoms. The first-order valence-electron chi connectivity index (χ1n) is 5.38. The molecule has 0 spiro atoms. The van der Waals surface area contributed by atoms with E-state index >= 15 is 0 Å². The van der Waals surface area contributed by atoms with Gasteiger partial charge in [0.05, 0.1) is 18.7 Å². The summed E-state index contributed by atoms with van der Waals surface area (Å²) in [6.45, 7) is 0.00233. The number of rotatable bonds is 2. The van der Waals surface area contributed by atoms with E-state index in [0.717, 1.165) is 5.56 Å². The highest BCUT2D eigenvalue weighted by Crippen LogP contribution is 2.25. The smallest absolute Gasteiger partial charge is 0.258 e. The van der Waals surface area contributed by atoms with E-state index in [2.05, 4.69) is 14.7 Å². The highest BCUT2D eigenvalue weighted by Gasteiger charge is 2.30. The van der Waals surface area contributed by atoms with E-state index in [1.165, 1.54) is 0 Å². The summed E-state index contributed by atoms with van der Waals surface area (Å²) in [6, 6.07) is 7.86. The molecule has 2 rings (SSSR count). The van der Waals surface area contributed by atoms with E-state index in [4.69, 9.17) is 9.71 Å². The lowest BCUT2D eigenvalue weighted by molar-refractivity contribution is 0.311. The lowest BCUT2D eigenvalue weighted by Gasteiger charge is -2.20. The Morgan fingerprint density at radius 3 is 2.78 bits per heavy atom. The molecule has 18 heavy (non-hydrogen) atoms. The van der Waals surface area contributed by atoms with Crippen LogP contribution < -0.4 is 4.72 Å². The molecule has 1 heterocycles. The summed E-state index contributed by atoms with van der Waals surface area (Å²) in [4.78, 5) is 2.76. The lowest BCUT2D eigenvalue weighted by Crippen LogP contribution is -2.33. The van der Waals surface area contributed by atoms with E-state index in [9.17, 15) is 8.42 Å². The van der Waals surface area contributed by atoms with Gasteiger partial charge < -0.3 is 0 Å². The molecule has 1 N–H and O–H groups in total. The second-order valence-corrected chi connectivity index (χ2v) is 5.22. The van der Waals surface area contributed by atoms with Gasteiger partial charge in [0.15, 0.2) is 0 Å². The SMILES string of the molecule is [N-]=[N+]=N[C@@H]1CCOS(=O)(=O)N[C@H]1c1ccccc1. The Morgan fingerprint density at radius 2 is 2.11 bits per heavy atom. The minimum absolute atomic E-state index is 0.00233. The average molecular weight is 268 g/mol. The molecule has 1 aliphatic rings. The molecule has 0 unspecified atom stereocenters. The normalized spacial score (nSPS) is 26.9.